The van der Waals surface area contributed by atoms with Gasteiger partial charge in [-0.3, -0.25) is 10.0 Å². The van der Waals surface area contributed by atoms with E-state index < -0.39 is 5.91 Å². The number of amides is 1. The molecule has 3 aromatic carbocycles. The van der Waals surface area contributed by atoms with Gasteiger partial charge in [-0.1, -0.05) is 54.6 Å². The molecule has 0 aliphatic heterocycles. The number of aromatic nitrogens is 1. The van der Waals surface area contributed by atoms with E-state index in [1.54, 1.807) is 24.7 Å². The highest BCUT2D eigenvalue weighted by Gasteiger charge is 2.11. The summed E-state index contributed by atoms with van der Waals surface area (Å²) in [7, 11) is 1.66. The van der Waals surface area contributed by atoms with Crippen LogP contribution < -0.4 is 10.2 Å². The summed E-state index contributed by atoms with van der Waals surface area (Å²) in [6.07, 6.45) is 2.14. The van der Waals surface area contributed by atoms with Gasteiger partial charge in [0.15, 0.2) is 0 Å². The molecule has 30 heavy (non-hydrogen) atoms. The Hall–Kier alpha value is -3.83. The molecule has 0 aliphatic carbocycles. The van der Waals surface area contributed by atoms with Gasteiger partial charge in [-0.25, -0.2) is 5.48 Å². The van der Waals surface area contributed by atoms with Crippen LogP contribution in [0.4, 0.5) is 0 Å². The minimum atomic E-state index is -0.519. The number of nitrogens with zero attached hydrogens (tertiary/aromatic N) is 1. The second kappa shape index (κ2) is 8.68. The lowest BCUT2D eigenvalue weighted by Gasteiger charge is -2.10. The Labute approximate surface area is 175 Å². The molecule has 1 heterocycles. The van der Waals surface area contributed by atoms with Gasteiger partial charge >= 0.3 is 0 Å². The lowest BCUT2D eigenvalue weighted by atomic mass is 10.1. The highest BCUT2D eigenvalue weighted by molar-refractivity contribution is 5.93. The number of nitrogens with one attached hydrogen (secondary N) is 1. The van der Waals surface area contributed by atoms with Crippen LogP contribution in [0.15, 0.2) is 91.1 Å². The van der Waals surface area contributed by atoms with E-state index in [1.807, 2.05) is 42.5 Å². The van der Waals surface area contributed by atoms with Gasteiger partial charge < -0.3 is 9.30 Å². The number of carbonyl (C=O) groups is 1. The molecule has 1 amide bonds. The van der Waals surface area contributed by atoms with Crippen LogP contribution in [-0.2, 0) is 6.54 Å². The number of hydroxylamine groups is 1. The lowest BCUT2D eigenvalue weighted by molar-refractivity contribution is 0.0706. The van der Waals surface area contributed by atoms with Crippen molar-refractivity contribution < 1.29 is 14.7 Å². The zero-order valence-corrected chi connectivity index (χ0v) is 16.6. The van der Waals surface area contributed by atoms with E-state index in [9.17, 15) is 4.79 Å². The molecule has 4 aromatic rings. The van der Waals surface area contributed by atoms with Gasteiger partial charge in [-0.15, -0.1) is 0 Å². The number of methoxy groups -OCH3 is 1. The van der Waals surface area contributed by atoms with Crippen molar-refractivity contribution in [1.82, 2.24) is 10.0 Å². The number of rotatable bonds is 6. The molecule has 0 spiro atoms. The average molecular weight is 398 g/mol. The maximum atomic E-state index is 11.6. The first-order valence-corrected chi connectivity index (χ1v) is 9.61. The molecule has 0 bridgehead atoms. The van der Waals surface area contributed by atoms with Gasteiger partial charge in [0.25, 0.3) is 5.91 Å². The Morgan fingerprint density at radius 2 is 1.60 bits per heavy atom. The van der Waals surface area contributed by atoms with Gasteiger partial charge in [0.2, 0.25) is 0 Å². The van der Waals surface area contributed by atoms with Crippen molar-refractivity contribution in [2.24, 2.45) is 0 Å². The smallest absolute Gasteiger partial charge is 0.274 e. The molecular weight excluding hydrogens is 376 g/mol. The van der Waals surface area contributed by atoms with Crippen molar-refractivity contribution in [2.45, 2.75) is 6.54 Å². The number of hydrogen-bond donors (Lipinski definition) is 2. The lowest BCUT2D eigenvalue weighted by Crippen LogP contribution is -2.18. The monoisotopic (exact) mass is 398 g/mol. The maximum absolute atomic E-state index is 11.6. The van der Waals surface area contributed by atoms with E-state index in [2.05, 4.69) is 41.1 Å². The van der Waals surface area contributed by atoms with Gasteiger partial charge in [0.05, 0.1) is 7.11 Å². The highest BCUT2D eigenvalue weighted by atomic mass is 16.5. The molecule has 150 valence electrons. The van der Waals surface area contributed by atoms with E-state index in [0.717, 1.165) is 33.7 Å². The van der Waals surface area contributed by atoms with Crippen LogP contribution in [0.5, 0.6) is 5.75 Å². The topological polar surface area (TPSA) is 63.5 Å². The van der Waals surface area contributed by atoms with E-state index in [-0.39, 0.29) is 0 Å². The molecule has 0 saturated carbocycles. The molecule has 5 nitrogen and oxygen atoms in total. The third-order valence-corrected chi connectivity index (χ3v) is 5.06. The highest BCUT2D eigenvalue weighted by Crippen LogP contribution is 2.30. The van der Waals surface area contributed by atoms with Crippen molar-refractivity contribution >= 4 is 5.91 Å². The van der Waals surface area contributed by atoms with E-state index >= 15 is 0 Å². The minimum absolute atomic E-state index is 0.413. The molecule has 0 unspecified atom stereocenters. The summed E-state index contributed by atoms with van der Waals surface area (Å²) in [5.41, 5.74) is 7.60. The molecule has 5 heteroatoms. The molecule has 0 fully saturated rings. The Balaban J connectivity index is 1.70. The first-order valence-electron chi connectivity index (χ1n) is 9.61. The van der Waals surface area contributed by atoms with Crippen molar-refractivity contribution in [3.8, 4) is 28.1 Å². The zero-order valence-electron chi connectivity index (χ0n) is 16.6. The summed E-state index contributed by atoms with van der Waals surface area (Å²) in [4.78, 5) is 11.6. The van der Waals surface area contributed by atoms with Crippen molar-refractivity contribution in [1.29, 1.82) is 0 Å². The van der Waals surface area contributed by atoms with Crippen molar-refractivity contribution in [3.05, 3.63) is 102 Å². The van der Waals surface area contributed by atoms with Gasteiger partial charge in [0, 0.05) is 24.0 Å². The Morgan fingerprint density at radius 1 is 0.900 bits per heavy atom. The molecule has 0 radical (unpaired) electrons. The Bertz CT molecular complexity index is 1130. The SMILES string of the molecule is COc1ccc(-c2cc(-c3ccccc3)n(Cc3ccc(C(=O)NO)cc3)c2)cc1. The maximum Gasteiger partial charge on any atom is 0.274 e. The third-order valence-electron chi connectivity index (χ3n) is 5.06. The molecule has 0 aliphatic rings. The summed E-state index contributed by atoms with van der Waals surface area (Å²) < 4.78 is 7.47. The van der Waals surface area contributed by atoms with E-state index in [4.69, 9.17) is 9.94 Å². The second-order valence-corrected chi connectivity index (χ2v) is 6.97. The molecule has 1 aromatic heterocycles. The number of carbonyl (C=O) groups excluding carboxylic acids is 1. The van der Waals surface area contributed by atoms with Crippen LogP contribution in [0, 0.1) is 0 Å². The predicted octanol–water partition coefficient (Wildman–Crippen LogP) is 5.00. The molecule has 0 atom stereocenters. The molecule has 0 saturated heterocycles. The van der Waals surface area contributed by atoms with Crippen LogP contribution in [0.2, 0.25) is 0 Å². The summed E-state index contributed by atoms with van der Waals surface area (Å²) >= 11 is 0. The Morgan fingerprint density at radius 3 is 2.23 bits per heavy atom. The van der Waals surface area contributed by atoms with Crippen LogP contribution >= 0.6 is 0 Å². The first-order chi connectivity index (χ1) is 14.7. The summed E-state index contributed by atoms with van der Waals surface area (Å²) in [5, 5.41) is 8.79. The summed E-state index contributed by atoms with van der Waals surface area (Å²) in [6, 6.07) is 27.7. The van der Waals surface area contributed by atoms with E-state index in [1.165, 1.54) is 0 Å². The van der Waals surface area contributed by atoms with Crippen molar-refractivity contribution in [2.75, 3.05) is 7.11 Å². The van der Waals surface area contributed by atoms with Crippen molar-refractivity contribution in [3.63, 3.8) is 0 Å². The van der Waals surface area contributed by atoms with Gasteiger partial charge in [-0.05, 0) is 52.6 Å². The van der Waals surface area contributed by atoms with Crippen LogP contribution in [-0.4, -0.2) is 22.8 Å². The van der Waals surface area contributed by atoms with E-state index in [0.29, 0.717) is 12.1 Å². The molecule has 4 rings (SSSR count). The molecule has 2 N–H and O–H groups in total. The van der Waals surface area contributed by atoms with Crippen LogP contribution in [0.25, 0.3) is 22.4 Å². The Kier molecular flexibility index (Phi) is 5.63. The fourth-order valence-corrected chi connectivity index (χ4v) is 3.46. The van der Waals surface area contributed by atoms with Gasteiger partial charge in [-0.2, -0.15) is 0 Å². The summed E-state index contributed by atoms with van der Waals surface area (Å²) in [6.45, 7) is 0.654. The van der Waals surface area contributed by atoms with Crippen LogP contribution in [0.3, 0.4) is 0 Å². The molecular formula is C25H22N2O3. The van der Waals surface area contributed by atoms with Crippen LogP contribution in [0.1, 0.15) is 15.9 Å². The quantitative estimate of drug-likeness (QED) is 0.355. The number of benzene rings is 3. The van der Waals surface area contributed by atoms with Gasteiger partial charge in [0.1, 0.15) is 5.75 Å². The third kappa shape index (κ3) is 4.11. The number of hydrogen-bond acceptors (Lipinski definition) is 3. The predicted molar refractivity (Wildman–Crippen MR) is 117 cm³/mol. The standard InChI is InChI=1S/C25H22N2O3/c1-30-23-13-11-19(12-14-23)22-15-24(20-5-3-2-4-6-20)27(17-22)16-18-7-9-21(10-8-18)25(28)26-29/h2-15,17,29H,16H2,1H3,(H,26,28). The number of ether oxygens (including phenoxy) is 1. The average Bonchev–Trinajstić information content (AvgIpc) is 3.23. The first kappa shape index (κ1) is 19.5. The minimum Gasteiger partial charge on any atom is -0.497 e. The largest absolute Gasteiger partial charge is 0.497 e. The fourth-order valence-electron chi connectivity index (χ4n) is 3.46. The second-order valence-electron chi connectivity index (χ2n) is 6.97. The zero-order chi connectivity index (χ0) is 20.9. The fraction of sp³-hybridized carbons (Fsp3) is 0.0800. The normalized spacial score (nSPS) is 10.6. The summed E-state index contributed by atoms with van der Waals surface area (Å²) in [5.74, 6) is 0.308.